The van der Waals surface area contributed by atoms with E-state index < -0.39 is 22.9 Å². The van der Waals surface area contributed by atoms with E-state index in [2.05, 4.69) is 0 Å². The molecule has 0 spiro atoms. The largest absolute Gasteiger partial charge is 0.449 e. The van der Waals surface area contributed by atoms with E-state index in [0.717, 1.165) is 11.0 Å². The molecule has 2 aromatic rings. The van der Waals surface area contributed by atoms with Crippen molar-refractivity contribution in [1.29, 1.82) is 0 Å². The number of nitro benzene ring substituents is 1. The summed E-state index contributed by atoms with van der Waals surface area (Å²) < 4.78 is 4.96. The van der Waals surface area contributed by atoms with Gasteiger partial charge in [-0.3, -0.25) is 14.9 Å². The number of carbonyl (C=O) groups excluding carboxylic acids is 2. The molecule has 7 nitrogen and oxygen atoms in total. The molecule has 0 aliphatic heterocycles. The summed E-state index contributed by atoms with van der Waals surface area (Å²) in [7, 11) is 0. The molecule has 0 aliphatic carbocycles. The molecular weight excluding hydrogens is 368 g/mol. The topological polar surface area (TPSA) is 113 Å². The van der Waals surface area contributed by atoms with Gasteiger partial charge in [0.25, 0.3) is 11.6 Å². The van der Waals surface area contributed by atoms with Crippen LogP contribution < -0.4 is 5.73 Å². The minimum Gasteiger partial charge on any atom is -0.449 e. The number of benzene rings is 2. The molecule has 0 fully saturated rings. The first kappa shape index (κ1) is 18.8. The predicted molar refractivity (Wildman–Crippen MR) is 92.7 cm³/mol. The highest BCUT2D eigenvalue weighted by Crippen LogP contribution is 2.33. The number of primary amides is 1. The molecule has 0 bridgehead atoms. The van der Waals surface area contributed by atoms with E-state index in [-0.39, 0.29) is 11.3 Å². The Hall–Kier alpha value is -2.58. The maximum absolute atomic E-state index is 12.3. The minimum atomic E-state index is -1.15. The van der Waals surface area contributed by atoms with Crippen molar-refractivity contribution in [1.82, 2.24) is 0 Å². The van der Waals surface area contributed by atoms with Gasteiger partial charge in [-0.15, -0.1) is 0 Å². The van der Waals surface area contributed by atoms with Crippen LogP contribution in [0, 0.1) is 10.1 Å². The van der Waals surface area contributed by atoms with Gasteiger partial charge in [-0.25, -0.2) is 4.79 Å². The molecule has 0 heterocycles. The average Bonchev–Trinajstić information content (AvgIpc) is 2.56. The number of ether oxygens (including phenoxy) is 1. The Morgan fingerprint density at radius 2 is 1.88 bits per heavy atom. The summed E-state index contributed by atoms with van der Waals surface area (Å²) in [5.41, 5.74) is 4.78. The molecule has 9 heteroatoms. The van der Waals surface area contributed by atoms with Gasteiger partial charge in [-0.1, -0.05) is 23.4 Å². The fourth-order valence-electron chi connectivity index (χ4n) is 1.79. The standard InChI is InChI=1S/C16H13ClN2O5S/c1-9(15(18)20)24-16(21)13-8-11(19(22)23)4-7-14(13)25-12-5-2-10(17)3-6-12/h2-9H,1H3,(H2,18,20). The van der Waals surface area contributed by atoms with Crippen LogP contribution in [0.1, 0.15) is 17.3 Å². The van der Waals surface area contributed by atoms with Crippen LogP contribution in [0.25, 0.3) is 0 Å². The Balaban J connectivity index is 2.37. The first-order valence-corrected chi connectivity index (χ1v) is 8.19. The van der Waals surface area contributed by atoms with Crippen LogP contribution in [0.4, 0.5) is 5.69 Å². The second-order valence-corrected chi connectivity index (χ2v) is 6.50. The molecule has 0 saturated carbocycles. The van der Waals surface area contributed by atoms with E-state index in [1.807, 2.05) is 0 Å². The summed E-state index contributed by atoms with van der Waals surface area (Å²) >= 11 is 7.05. The number of nitrogens with two attached hydrogens (primary N) is 1. The number of amides is 1. The van der Waals surface area contributed by atoms with Crippen LogP contribution in [0.5, 0.6) is 0 Å². The molecule has 1 unspecified atom stereocenters. The van der Waals surface area contributed by atoms with Gasteiger partial charge in [-0.2, -0.15) is 0 Å². The Kier molecular flexibility index (Phi) is 6.00. The zero-order valence-electron chi connectivity index (χ0n) is 13.0. The number of halogens is 1. The van der Waals surface area contributed by atoms with Crippen LogP contribution in [0.15, 0.2) is 52.3 Å². The number of non-ortho nitro benzene ring substituents is 1. The van der Waals surface area contributed by atoms with Crippen molar-refractivity contribution in [2.45, 2.75) is 22.8 Å². The van der Waals surface area contributed by atoms with Crippen molar-refractivity contribution in [2.24, 2.45) is 5.73 Å². The number of hydrogen-bond donors (Lipinski definition) is 1. The van der Waals surface area contributed by atoms with Gasteiger partial charge < -0.3 is 10.5 Å². The Morgan fingerprint density at radius 3 is 2.44 bits per heavy atom. The van der Waals surface area contributed by atoms with E-state index in [1.54, 1.807) is 24.3 Å². The fraction of sp³-hybridized carbons (Fsp3) is 0.125. The van der Waals surface area contributed by atoms with Crippen LogP contribution >= 0.6 is 23.4 Å². The third kappa shape index (κ3) is 4.94. The second kappa shape index (κ2) is 8.00. The van der Waals surface area contributed by atoms with Crippen molar-refractivity contribution in [3.05, 3.63) is 63.2 Å². The third-order valence-corrected chi connectivity index (χ3v) is 4.46. The predicted octanol–water partition coefficient (Wildman–Crippen LogP) is 3.43. The van der Waals surface area contributed by atoms with Gasteiger partial charge in [-0.05, 0) is 37.3 Å². The minimum absolute atomic E-state index is 0.0257. The molecule has 2 rings (SSSR count). The lowest BCUT2D eigenvalue weighted by atomic mass is 10.2. The normalized spacial score (nSPS) is 11.6. The van der Waals surface area contributed by atoms with Gasteiger partial charge in [0.1, 0.15) is 0 Å². The monoisotopic (exact) mass is 380 g/mol. The summed E-state index contributed by atoms with van der Waals surface area (Å²) in [6.07, 6.45) is -1.15. The zero-order chi connectivity index (χ0) is 18.6. The smallest absolute Gasteiger partial charge is 0.340 e. The van der Waals surface area contributed by atoms with Gasteiger partial charge in [0.05, 0.1) is 10.5 Å². The zero-order valence-corrected chi connectivity index (χ0v) is 14.5. The molecule has 0 aliphatic rings. The van der Waals surface area contributed by atoms with E-state index in [4.69, 9.17) is 22.1 Å². The maximum atomic E-state index is 12.3. The first-order valence-electron chi connectivity index (χ1n) is 7.00. The molecule has 1 amide bonds. The molecule has 2 N–H and O–H groups in total. The average molecular weight is 381 g/mol. The molecule has 1 atom stereocenters. The number of nitro groups is 1. The van der Waals surface area contributed by atoms with Gasteiger partial charge >= 0.3 is 5.97 Å². The van der Waals surface area contributed by atoms with Crippen molar-refractivity contribution in [3.63, 3.8) is 0 Å². The van der Waals surface area contributed by atoms with Crippen LogP contribution in [-0.4, -0.2) is 22.9 Å². The highest BCUT2D eigenvalue weighted by Gasteiger charge is 2.22. The lowest BCUT2D eigenvalue weighted by Gasteiger charge is -2.12. The Labute approximate surface area is 152 Å². The summed E-state index contributed by atoms with van der Waals surface area (Å²) in [5.74, 6) is -1.68. The van der Waals surface area contributed by atoms with Crippen molar-refractivity contribution < 1.29 is 19.2 Å². The van der Waals surface area contributed by atoms with Crippen LogP contribution in [0.2, 0.25) is 5.02 Å². The molecule has 0 aromatic heterocycles. The van der Waals surface area contributed by atoms with Gasteiger partial charge in [0, 0.05) is 26.9 Å². The summed E-state index contributed by atoms with van der Waals surface area (Å²) in [6.45, 7) is 1.32. The Bertz CT molecular complexity index is 826. The maximum Gasteiger partial charge on any atom is 0.340 e. The van der Waals surface area contributed by atoms with Crippen LogP contribution in [0.3, 0.4) is 0 Å². The highest BCUT2D eigenvalue weighted by atomic mass is 35.5. The molecule has 2 aromatic carbocycles. The number of hydrogen-bond acceptors (Lipinski definition) is 6. The van der Waals surface area contributed by atoms with Gasteiger partial charge in [0.2, 0.25) is 0 Å². The quantitative estimate of drug-likeness (QED) is 0.466. The van der Waals surface area contributed by atoms with Crippen molar-refractivity contribution >= 4 is 40.9 Å². The van der Waals surface area contributed by atoms with Crippen LogP contribution in [-0.2, 0) is 9.53 Å². The van der Waals surface area contributed by atoms with Crippen molar-refractivity contribution in [3.8, 4) is 0 Å². The number of esters is 1. The summed E-state index contributed by atoms with van der Waals surface area (Å²) in [5, 5.41) is 11.5. The van der Waals surface area contributed by atoms with E-state index in [1.165, 1.54) is 30.8 Å². The highest BCUT2D eigenvalue weighted by molar-refractivity contribution is 7.99. The first-order chi connectivity index (χ1) is 11.8. The van der Waals surface area contributed by atoms with Crippen molar-refractivity contribution in [2.75, 3.05) is 0 Å². The lowest BCUT2D eigenvalue weighted by Crippen LogP contribution is -2.30. The number of nitrogens with zero attached hydrogens (tertiary/aromatic N) is 1. The molecular formula is C16H13ClN2O5S. The SMILES string of the molecule is CC(OC(=O)c1cc([N+](=O)[O-])ccc1Sc1ccc(Cl)cc1)C(N)=O. The molecule has 25 heavy (non-hydrogen) atoms. The number of carbonyl (C=O) groups is 2. The van der Waals surface area contributed by atoms with E-state index in [0.29, 0.717) is 9.92 Å². The van der Waals surface area contributed by atoms with Gasteiger partial charge in [0.15, 0.2) is 6.10 Å². The fourth-order valence-corrected chi connectivity index (χ4v) is 2.83. The third-order valence-electron chi connectivity index (χ3n) is 3.12. The summed E-state index contributed by atoms with van der Waals surface area (Å²) in [6, 6.07) is 10.7. The molecule has 0 radical (unpaired) electrons. The van der Waals surface area contributed by atoms with E-state index in [9.17, 15) is 19.7 Å². The second-order valence-electron chi connectivity index (χ2n) is 4.94. The van der Waals surface area contributed by atoms with E-state index >= 15 is 0 Å². The Morgan fingerprint density at radius 1 is 1.24 bits per heavy atom. The molecule has 130 valence electrons. The number of rotatable bonds is 6. The summed E-state index contributed by atoms with van der Waals surface area (Å²) in [4.78, 5) is 34.9. The lowest BCUT2D eigenvalue weighted by molar-refractivity contribution is -0.384. The molecule has 0 saturated heterocycles.